The molecule has 1 aliphatic heterocycles. The summed E-state index contributed by atoms with van der Waals surface area (Å²) in [6, 6.07) is 9.82. The van der Waals surface area contributed by atoms with Crippen LogP contribution in [0.4, 0.5) is 8.78 Å². The molecule has 5 rings (SSSR count). The van der Waals surface area contributed by atoms with Crippen LogP contribution in [0, 0.1) is 25.5 Å². The highest BCUT2D eigenvalue weighted by Crippen LogP contribution is 2.39. The zero-order chi connectivity index (χ0) is 26.8. The lowest BCUT2D eigenvalue weighted by Crippen LogP contribution is -2.39. The molecular formula is C30H32F2N4O2. The van der Waals surface area contributed by atoms with Crippen LogP contribution >= 0.6 is 0 Å². The van der Waals surface area contributed by atoms with Crippen LogP contribution in [-0.4, -0.2) is 39.8 Å². The number of rotatable bonds is 7. The molecule has 0 spiro atoms. The maximum absolute atomic E-state index is 14.0. The lowest BCUT2D eigenvalue weighted by molar-refractivity contribution is -0.131. The van der Waals surface area contributed by atoms with Gasteiger partial charge in [0.1, 0.15) is 17.5 Å². The summed E-state index contributed by atoms with van der Waals surface area (Å²) in [5.74, 6) is -0.823. The van der Waals surface area contributed by atoms with Gasteiger partial charge in [-0.25, -0.2) is 18.7 Å². The Hall–Kier alpha value is -3.68. The second-order valence-electron chi connectivity index (χ2n) is 10.5. The Kier molecular flexibility index (Phi) is 7.49. The minimum atomic E-state index is -0.710. The third-order valence-electron chi connectivity index (χ3n) is 7.38. The molecule has 1 saturated carbocycles. The molecule has 1 saturated heterocycles. The van der Waals surface area contributed by atoms with Crippen molar-refractivity contribution >= 4 is 11.8 Å². The molecule has 2 aromatic carbocycles. The smallest absolute Gasteiger partial charge is 0.254 e. The number of nitrogens with zero attached hydrogens (tertiary/aromatic N) is 3. The van der Waals surface area contributed by atoms with Crippen molar-refractivity contribution < 1.29 is 18.4 Å². The molecule has 8 heteroatoms. The van der Waals surface area contributed by atoms with Gasteiger partial charge in [-0.3, -0.25) is 9.59 Å². The summed E-state index contributed by atoms with van der Waals surface area (Å²) in [7, 11) is 0. The number of hydrogen-bond acceptors (Lipinski definition) is 4. The predicted molar refractivity (Wildman–Crippen MR) is 140 cm³/mol. The summed E-state index contributed by atoms with van der Waals surface area (Å²) in [4.78, 5) is 37.1. The van der Waals surface area contributed by atoms with E-state index in [1.807, 2.05) is 13.8 Å². The average molecular weight is 519 g/mol. The van der Waals surface area contributed by atoms with E-state index in [0.29, 0.717) is 44.0 Å². The fourth-order valence-corrected chi connectivity index (χ4v) is 5.25. The first-order chi connectivity index (χ1) is 18.3. The molecule has 0 radical (unpaired) electrons. The zero-order valence-electron chi connectivity index (χ0n) is 21.8. The average Bonchev–Trinajstić information content (AvgIpc) is 3.74. The van der Waals surface area contributed by atoms with E-state index >= 15 is 0 Å². The van der Waals surface area contributed by atoms with Gasteiger partial charge in [0.05, 0.1) is 17.7 Å². The molecule has 2 amide bonds. The molecule has 38 heavy (non-hydrogen) atoms. The molecule has 3 aromatic rings. The van der Waals surface area contributed by atoms with Gasteiger partial charge in [-0.1, -0.05) is 35.4 Å². The third kappa shape index (κ3) is 5.90. The van der Waals surface area contributed by atoms with Crippen LogP contribution in [0.3, 0.4) is 0 Å². The molecule has 1 N–H and O–H groups in total. The number of nitrogens with one attached hydrogen (secondary N) is 1. The Morgan fingerprint density at radius 3 is 2.26 bits per heavy atom. The topological polar surface area (TPSA) is 75.2 Å². The van der Waals surface area contributed by atoms with Crippen LogP contribution in [0.2, 0.25) is 0 Å². The zero-order valence-corrected chi connectivity index (χ0v) is 21.8. The summed E-state index contributed by atoms with van der Waals surface area (Å²) in [6.45, 7) is 5.35. The number of aryl methyl sites for hydroxylation is 2. The molecule has 1 aliphatic carbocycles. The lowest BCUT2D eigenvalue weighted by Gasteiger charge is -2.32. The minimum absolute atomic E-state index is 0.00767. The fraction of sp³-hybridized carbons (Fsp3) is 0.400. The number of amides is 2. The molecular weight excluding hydrogens is 486 g/mol. The largest absolute Gasteiger partial charge is 0.348 e. The van der Waals surface area contributed by atoms with E-state index in [1.165, 1.54) is 6.07 Å². The van der Waals surface area contributed by atoms with E-state index in [1.54, 1.807) is 11.1 Å². The van der Waals surface area contributed by atoms with Crippen LogP contribution in [-0.2, 0) is 17.8 Å². The van der Waals surface area contributed by atoms with Crippen LogP contribution < -0.4 is 5.32 Å². The standard InChI is InChI=1S/C30H32F2N4O2/c1-18-12-19(2)14-20(13-18)16-34-30(38)24-17-33-29(22-6-7-22)35-28(24)21-8-10-36(11-9-21)27(37)15-23-25(31)4-3-5-26(23)32/h3-5,12-14,17,21-22H,6-11,15-16H2,1-2H3,(H,34,38). The number of piperidine rings is 1. The van der Waals surface area contributed by atoms with Gasteiger partial charge in [-0.2, -0.15) is 0 Å². The number of likely N-dealkylation sites (tertiary alicyclic amines) is 1. The summed E-state index contributed by atoms with van der Waals surface area (Å²) in [5, 5.41) is 3.02. The van der Waals surface area contributed by atoms with Gasteiger partial charge >= 0.3 is 0 Å². The predicted octanol–water partition coefficient (Wildman–Crippen LogP) is 5.13. The van der Waals surface area contributed by atoms with E-state index in [4.69, 9.17) is 4.98 Å². The minimum Gasteiger partial charge on any atom is -0.348 e. The normalized spacial score (nSPS) is 15.9. The van der Waals surface area contributed by atoms with Crippen molar-refractivity contribution in [1.82, 2.24) is 20.2 Å². The van der Waals surface area contributed by atoms with Gasteiger partial charge < -0.3 is 10.2 Å². The number of benzene rings is 2. The Morgan fingerprint density at radius 1 is 0.974 bits per heavy atom. The van der Waals surface area contributed by atoms with Crippen molar-refractivity contribution in [3.8, 4) is 0 Å². The molecule has 0 unspecified atom stereocenters. The van der Waals surface area contributed by atoms with Gasteiger partial charge in [0.2, 0.25) is 5.91 Å². The van der Waals surface area contributed by atoms with Crippen LogP contribution in [0.25, 0.3) is 0 Å². The Bertz CT molecular complexity index is 1320. The van der Waals surface area contributed by atoms with Crippen LogP contribution in [0.5, 0.6) is 0 Å². The molecule has 2 aliphatic rings. The Labute approximate surface area is 221 Å². The SMILES string of the molecule is Cc1cc(C)cc(CNC(=O)c2cnc(C3CC3)nc2C2CCN(C(=O)Cc3c(F)cccc3F)CC2)c1. The second-order valence-corrected chi connectivity index (χ2v) is 10.5. The number of hydrogen-bond donors (Lipinski definition) is 1. The lowest BCUT2D eigenvalue weighted by atomic mass is 9.90. The monoisotopic (exact) mass is 518 g/mol. The van der Waals surface area contributed by atoms with E-state index < -0.39 is 11.6 Å². The highest BCUT2D eigenvalue weighted by atomic mass is 19.1. The molecule has 1 aromatic heterocycles. The molecule has 198 valence electrons. The maximum Gasteiger partial charge on any atom is 0.254 e. The second kappa shape index (κ2) is 11.0. The van der Waals surface area contributed by atoms with Crippen LogP contribution in [0.15, 0.2) is 42.6 Å². The van der Waals surface area contributed by atoms with Crippen molar-refractivity contribution in [2.24, 2.45) is 0 Å². The van der Waals surface area contributed by atoms with Crippen LogP contribution in [0.1, 0.15) is 81.6 Å². The van der Waals surface area contributed by atoms with Crippen molar-refractivity contribution in [2.75, 3.05) is 13.1 Å². The summed E-state index contributed by atoms with van der Waals surface area (Å²) < 4.78 is 28.1. The van der Waals surface area contributed by atoms with E-state index in [9.17, 15) is 18.4 Å². The number of aromatic nitrogens is 2. The number of carbonyl (C=O) groups excluding carboxylic acids is 2. The van der Waals surface area contributed by atoms with Gasteiger partial charge in [0.15, 0.2) is 0 Å². The van der Waals surface area contributed by atoms with E-state index in [-0.39, 0.29) is 29.7 Å². The number of carbonyl (C=O) groups is 2. The van der Waals surface area contributed by atoms with Gasteiger partial charge in [0.25, 0.3) is 5.91 Å². The maximum atomic E-state index is 14.0. The quantitative estimate of drug-likeness (QED) is 0.471. The Morgan fingerprint density at radius 2 is 1.63 bits per heavy atom. The summed E-state index contributed by atoms with van der Waals surface area (Å²) >= 11 is 0. The molecule has 6 nitrogen and oxygen atoms in total. The summed E-state index contributed by atoms with van der Waals surface area (Å²) in [6.07, 6.45) is 4.67. The van der Waals surface area contributed by atoms with Gasteiger partial charge in [0, 0.05) is 43.2 Å². The first-order valence-electron chi connectivity index (χ1n) is 13.2. The van der Waals surface area contributed by atoms with E-state index in [0.717, 1.165) is 53.2 Å². The molecule has 0 bridgehead atoms. The van der Waals surface area contributed by atoms with Gasteiger partial charge in [-0.15, -0.1) is 0 Å². The molecule has 0 atom stereocenters. The van der Waals surface area contributed by atoms with E-state index in [2.05, 4.69) is 28.5 Å². The van der Waals surface area contributed by atoms with Crippen molar-refractivity contribution in [1.29, 1.82) is 0 Å². The van der Waals surface area contributed by atoms with Crippen molar-refractivity contribution in [3.63, 3.8) is 0 Å². The first kappa shape index (κ1) is 25.9. The van der Waals surface area contributed by atoms with Crippen molar-refractivity contribution in [2.45, 2.75) is 64.3 Å². The third-order valence-corrected chi connectivity index (χ3v) is 7.38. The molecule has 2 heterocycles. The number of halogens is 2. The highest BCUT2D eigenvalue weighted by Gasteiger charge is 2.32. The fourth-order valence-electron chi connectivity index (χ4n) is 5.25. The summed E-state index contributed by atoms with van der Waals surface area (Å²) in [5.41, 5.74) is 4.32. The highest BCUT2D eigenvalue weighted by molar-refractivity contribution is 5.95. The van der Waals surface area contributed by atoms with Gasteiger partial charge in [-0.05, 0) is 57.2 Å². The molecule has 2 fully saturated rings. The Balaban J connectivity index is 1.28. The first-order valence-corrected chi connectivity index (χ1v) is 13.2. The van der Waals surface area contributed by atoms with Crippen molar-refractivity contribution in [3.05, 3.63) is 93.6 Å².